The Morgan fingerprint density at radius 2 is 1.91 bits per heavy atom. The Morgan fingerprint density at radius 3 is 2.43 bits per heavy atom. The van der Waals surface area contributed by atoms with E-state index >= 15 is 0 Å². The molecule has 0 radical (unpaired) electrons. The van der Waals surface area contributed by atoms with Gasteiger partial charge >= 0.3 is 0 Å². The van der Waals surface area contributed by atoms with E-state index in [1.807, 2.05) is 18.2 Å². The van der Waals surface area contributed by atoms with Crippen LogP contribution in [0.25, 0.3) is 0 Å². The van der Waals surface area contributed by atoms with Crippen molar-refractivity contribution in [3.8, 4) is 0 Å². The summed E-state index contributed by atoms with van der Waals surface area (Å²) in [6, 6.07) is 8.48. The number of rotatable bonds is 5. The van der Waals surface area contributed by atoms with Crippen LogP contribution in [0.15, 0.2) is 30.3 Å². The fourth-order valence-corrected chi connectivity index (χ4v) is 4.64. The molecule has 5 nitrogen and oxygen atoms in total. The molecule has 6 heteroatoms. The number of carbonyl (C=O) groups is 1. The third kappa shape index (κ3) is 3.43. The molecular weight excluding hydrogens is 312 g/mol. The maximum Gasteiger partial charge on any atom is 0.243 e. The second-order valence-corrected chi connectivity index (χ2v) is 8.92. The molecule has 2 aliphatic rings. The second kappa shape index (κ2) is 6.24. The average molecular weight is 336 g/mol. The number of benzene rings is 1. The fraction of sp³-hybridized carbons (Fsp3) is 0.588. The molecule has 23 heavy (non-hydrogen) atoms. The highest BCUT2D eigenvalue weighted by molar-refractivity contribution is 7.88. The minimum absolute atomic E-state index is 0.195. The molecule has 0 aliphatic heterocycles. The lowest BCUT2D eigenvalue weighted by molar-refractivity contribution is -0.125. The molecule has 1 aromatic carbocycles. The van der Waals surface area contributed by atoms with Gasteiger partial charge in [0.2, 0.25) is 15.9 Å². The molecule has 126 valence electrons. The molecule has 0 saturated heterocycles. The van der Waals surface area contributed by atoms with E-state index in [9.17, 15) is 13.2 Å². The van der Waals surface area contributed by atoms with E-state index in [1.165, 1.54) is 26.3 Å². The smallest absolute Gasteiger partial charge is 0.243 e. The molecule has 2 bridgehead atoms. The summed E-state index contributed by atoms with van der Waals surface area (Å²) in [5.74, 6) is 1.07. The van der Waals surface area contributed by atoms with Crippen molar-refractivity contribution in [2.45, 2.75) is 37.8 Å². The van der Waals surface area contributed by atoms with Crippen LogP contribution in [0, 0.1) is 11.8 Å². The van der Waals surface area contributed by atoms with Crippen molar-refractivity contribution >= 4 is 15.9 Å². The molecule has 0 spiro atoms. The van der Waals surface area contributed by atoms with Gasteiger partial charge in [-0.1, -0.05) is 36.8 Å². The predicted molar refractivity (Wildman–Crippen MR) is 89.2 cm³/mol. The Hall–Kier alpha value is -1.40. The van der Waals surface area contributed by atoms with Crippen molar-refractivity contribution in [3.63, 3.8) is 0 Å². The first-order chi connectivity index (χ1) is 10.9. The van der Waals surface area contributed by atoms with Crippen LogP contribution in [0.4, 0.5) is 0 Å². The summed E-state index contributed by atoms with van der Waals surface area (Å²) in [4.78, 5) is 12.8. The first kappa shape index (κ1) is 16.5. The first-order valence-electron chi connectivity index (χ1n) is 8.14. The highest BCUT2D eigenvalue weighted by atomic mass is 32.2. The lowest BCUT2D eigenvalue weighted by Crippen LogP contribution is -2.46. The molecule has 0 unspecified atom stereocenters. The van der Waals surface area contributed by atoms with E-state index in [1.54, 1.807) is 12.1 Å². The molecule has 4 atom stereocenters. The summed E-state index contributed by atoms with van der Waals surface area (Å²) < 4.78 is 25.1. The van der Waals surface area contributed by atoms with E-state index in [4.69, 9.17) is 0 Å². The zero-order valence-electron chi connectivity index (χ0n) is 13.6. The molecule has 2 fully saturated rings. The van der Waals surface area contributed by atoms with Crippen LogP contribution in [0.3, 0.4) is 0 Å². The zero-order chi connectivity index (χ0) is 16.6. The minimum Gasteiger partial charge on any atom is -0.351 e. The van der Waals surface area contributed by atoms with Crippen molar-refractivity contribution in [1.82, 2.24) is 9.62 Å². The van der Waals surface area contributed by atoms with Gasteiger partial charge in [-0.15, -0.1) is 0 Å². The molecule has 0 aromatic heterocycles. The van der Waals surface area contributed by atoms with Crippen molar-refractivity contribution in [2.24, 2.45) is 11.8 Å². The van der Waals surface area contributed by atoms with Gasteiger partial charge in [0.05, 0.1) is 6.26 Å². The average Bonchev–Trinajstić information content (AvgIpc) is 3.10. The number of nitrogens with zero attached hydrogens (tertiary/aromatic N) is 1. The number of sulfonamides is 1. The van der Waals surface area contributed by atoms with Crippen LogP contribution >= 0.6 is 0 Å². The number of nitrogens with one attached hydrogen (secondary N) is 1. The monoisotopic (exact) mass is 336 g/mol. The molecule has 2 aliphatic carbocycles. The van der Waals surface area contributed by atoms with Crippen molar-refractivity contribution in [2.75, 3.05) is 13.3 Å². The maximum absolute atomic E-state index is 12.8. The number of fused-ring (bicyclic) bond motifs is 2. The highest BCUT2D eigenvalue weighted by Crippen LogP contribution is 2.44. The zero-order valence-corrected chi connectivity index (χ0v) is 14.4. The third-order valence-electron chi connectivity index (χ3n) is 5.32. The number of likely N-dealkylation sites (N-methyl/N-ethyl adjacent to an activating group) is 1. The fourth-order valence-electron chi connectivity index (χ4n) is 4.04. The molecule has 2 saturated carbocycles. The van der Waals surface area contributed by atoms with E-state index in [0.717, 1.165) is 22.9 Å². The Bertz CT molecular complexity index is 674. The lowest BCUT2D eigenvalue weighted by Gasteiger charge is -2.29. The predicted octanol–water partition coefficient (Wildman–Crippen LogP) is 1.92. The van der Waals surface area contributed by atoms with Gasteiger partial charge in [-0.25, -0.2) is 8.42 Å². The molecule has 1 amide bonds. The topological polar surface area (TPSA) is 66.5 Å². The number of hydrogen-bond donors (Lipinski definition) is 1. The summed E-state index contributed by atoms with van der Waals surface area (Å²) in [6.07, 6.45) is 5.80. The number of hydrogen-bond acceptors (Lipinski definition) is 3. The lowest BCUT2D eigenvalue weighted by atomic mass is 9.94. The van der Waals surface area contributed by atoms with Gasteiger partial charge in [-0.3, -0.25) is 4.79 Å². The summed E-state index contributed by atoms with van der Waals surface area (Å²) in [5.41, 5.74) is 0.695. The summed E-state index contributed by atoms with van der Waals surface area (Å²) in [6.45, 7) is 0. The Balaban J connectivity index is 1.81. The van der Waals surface area contributed by atoms with Gasteiger partial charge in [0.1, 0.15) is 6.04 Å². The third-order valence-corrected chi connectivity index (χ3v) is 6.57. The number of carbonyl (C=O) groups excluding carboxylic acids is 1. The molecule has 1 N–H and O–H groups in total. The first-order valence-corrected chi connectivity index (χ1v) is 9.99. The van der Waals surface area contributed by atoms with Crippen molar-refractivity contribution < 1.29 is 13.2 Å². The van der Waals surface area contributed by atoms with Crippen LogP contribution in [0.2, 0.25) is 0 Å². The van der Waals surface area contributed by atoms with E-state index in [-0.39, 0.29) is 11.9 Å². The summed E-state index contributed by atoms with van der Waals surface area (Å²) in [5, 5.41) is 3.12. The standard InChI is InChI=1S/C17H24N2O3S/c1-19(23(2,21)22)16(13-6-4-3-5-7-13)17(20)18-15-11-12-8-9-14(15)10-12/h3-7,12,14-16H,8-11H2,1-2H3,(H,18,20)/t12-,14-,15+,16-/m0/s1. The second-order valence-electron chi connectivity index (χ2n) is 6.88. The van der Waals surface area contributed by atoms with Crippen LogP contribution in [-0.2, 0) is 14.8 Å². The van der Waals surface area contributed by atoms with Crippen LogP contribution < -0.4 is 5.32 Å². The minimum atomic E-state index is -3.47. The molecule has 3 rings (SSSR count). The van der Waals surface area contributed by atoms with Crippen LogP contribution in [0.1, 0.15) is 37.3 Å². The van der Waals surface area contributed by atoms with Crippen molar-refractivity contribution in [3.05, 3.63) is 35.9 Å². The van der Waals surface area contributed by atoms with Gasteiger partial charge in [0.25, 0.3) is 0 Å². The van der Waals surface area contributed by atoms with E-state index < -0.39 is 16.1 Å². The van der Waals surface area contributed by atoms with E-state index in [0.29, 0.717) is 11.5 Å². The Labute approximate surface area is 138 Å². The van der Waals surface area contributed by atoms with Gasteiger partial charge in [0, 0.05) is 13.1 Å². The highest BCUT2D eigenvalue weighted by Gasteiger charge is 2.41. The maximum atomic E-state index is 12.8. The quantitative estimate of drug-likeness (QED) is 0.893. The van der Waals surface area contributed by atoms with Crippen molar-refractivity contribution in [1.29, 1.82) is 0 Å². The number of amides is 1. The summed E-state index contributed by atoms with van der Waals surface area (Å²) >= 11 is 0. The Kier molecular flexibility index (Phi) is 4.47. The van der Waals surface area contributed by atoms with Crippen LogP contribution in [0.5, 0.6) is 0 Å². The normalized spacial score (nSPS) is 28.0. The molecular formula is C17H24N2O3S. The largest absolute Gasteiger partial charge is 0.351 e. The van der Waals surface area contributed by atoms with Gasteiger partial charge in [-0.2, -0.15) is 4.31 Å². The van der Waals surface area contributed by atoms with E-state index in [2.05, 4.69) is 5.32 Å². The molecule has 1 aromatic rings. The van der Waals surface area contributed by atoms with Gasteiger partial charge < -0.3 is 5.32 Å². The SMILES string of the molecule is CN([C@H](C(=O)N[C@@H]1C[C@H]2CC[C@H]1C2)c1ccccc1)S(C)(=O)=O. The Morgan fingerprint density at radius 1 is 1.22 bits per heavy atom. The van der Waals surface area contributed by atoms with Crippen LogP contribution in [-0.4, -0.2) is 38.0 Å². The van der Waals surface area contributed by atoms with Gasteiger partial charge in [0.15, 0.2) is 0 Å². The molecule has 0 heterocycles. The van der Waals surface area contributed by atoms with Gasteiger partial charge in [-0.05, 0) is 36.7 Å². The summed E-state index contributed by atoms with van der Waals surface area (Å²) in [7, 11) is -2.00.